The Labute approximate surface area is 840 Å². The Morgan fingerprint density at radius 1 is 0.314 bits per heavy atom. The average Bonchev–Trinajstić information content (AvgIpc) is 1.65. The van der Waals surface area contributed by atoms with Crippen molar-refractivity contribution in [2.24, 2.45) is 0 Å². The standard InChI is InChI=1S/4C13H15ClN2O2.C13H16N2O2.C12H14ClN3O2.C12H18N2O.C11H13ClN4O2/c1-7(2)15-13(17)11-6-9-10(16-11)4-8(14)5-12(9)18-3;1-7(2)15-13(17)11-5-8-4-9(18-3)6-10(14)12(8)16-11;1-7(2)15-13(17)10-6-8-11(18-3)5-4-9(14)12(8)16-10;1-7(2)15-13(17)11-6-8-10(16-11)5-4-9(14)12(8)18-3;1-8(2)14-13(16)12-7-9-6-10(17-3)4-5-11(9)15-12;1-6(2)14-12(17)11-15-7-4-5-8(18-3)9(13)10(7)16-11;1-8(2)13-12(15)11-7-9-5-3-4-6-10(9)14-11;1-5(2)14-10(17)9-15-6-4-13-11(18-3)7(12)8(6)16-9/h4*4-7,16H,1-3H3,(H,15,17);4-8,15H,1-3H3,(H,14,16);4-6H,1-3H3,(H,14,17)(H,15,16);7-8,14H,3-6H2,1-2H3,(H,13,15);4-5H,1-3H3,(H,14,17)(H,15,16). The van der Waals surface area contributed by atoms with E-state index in [1.54, 1.807) is 108 Å². The summed E-state index contributed by atoms with van der Waals surface area (Å²) in [5.74, 6) is 3.45. The van der Waals surface area contributed by atoms with Crippen LogP contribution in [0.15, 0.2) is 121 Å². The number of carbonyl (C=O) groups excluding carboxylic acids is 8. The third kappa shape index (κ3) is 29.8. The molecule has 34 nitrogen and oxygen atoms in total. The number of imidazole rings is 2. The van der Waals surface area contributed by atoms with Gasteiger partial charge >= 0.3 is 0 Å². The predicted octanol–water partition coefficient (Wildman–Crippen LogP) is 20.3. The summed E-state index contributed by atoms with van der Waals surface area (Å²) in [6, 6.07) is 34.9. The summed E-state index contributed by atoms with van der Waals surface area (Å²) in [6.07, 6.45) is 6.21. The molecule has 40 heteroatoms. The van der Waals surface area contributed by atoms with Gasteiger partial charge in [0.15, 0.2) is 11.6 Å². The number of aromatic nitrogens is 11. The summed E-state index contributed by atoms with van der Waals surface area (Å²) in [4.78, 5) is 131. The molecule has 0 saturated heterocycles. The van der Waals surface area contributed by atoms with E-state index in [1.807, 2.05) is 153 Å². The Morgan fingerprint density at radius 3 is 1.25 bits per heavy atom. The van der Waals surface area contributed by atoms with Gasteiger partial charge in [-0.2, -0.15) is 0 Å². The van der Waals surface area contributed by atoms with E-state index in [9.17, 15) is 38.4 Å². The molecule has 0 saturated carbocycles. The van der Waals surface area contributed by atoms with Crippen LogP contribution in [-0.2, 0) is 12.8 Å². The van der Waals surface area contributed by atoms with Crippen LogP contribution in [0.4, 0.5) is 0 Å². The first kappa shape index (κ1) is 110. The van der Waals surface area contributed by atoms with Crippen LogP contribution >= 0.6 is 69.6 Å². The number of amides is 8. The van der Waals surface area contributed by atoms with E-state index in [4.69, 9.17) is 103 Å². The van der Waals surface area contributed by atoms with Gasteiger partial charge in [0.05, 0.1) is 98.6 Å². The molecule has 16 rings (SSSR count). The first-order chi connectivity index (χ1) is 66.4. The van der Waals surface area contributed by atoms with Gasteiger partial charge in [-0.15, -0.1) is 0 Å². The van der Waals surface area contributed by atoms with Crippen molar-refractivity contribution < 1.29 is 71.5 Å². The molecular weight excluding hydrogens is 1920 g/mol. The smallest absolute Gasteiger partial charge is 0.287 e. The zero-order valence-electron chi connectivity index (χ0n) is 82.2. The fourth-order valence-electron chi connectivity index (χ4n) is 14.1. The first-order valence-electron chi connectivity index (χ1n) is 45.0. The second kappa shape index (κ2) is 50.9. The van der Waals surface area contributed by atoms with E-state index < -0.39 is 0 Å². The van der Waals surface area contributed by atoms with E-state index >= 15 is 0 Å². The molecule has 1 aliphatic rings. The fourth-order valence-corrected chi connectivity index (χ4v) is 15.6. The van der Waals surface area contributed by atoms with Crippen LogP contribution in [0.5, 0.6) is 40.4 Å². The summed E-state index contributed by atoms with van der Waals surface area (Å²) >= 11 is 36.4. The monoisotopic (exact) mass is 2040 g/mol. The minimum Gasteiger partial charge on any atom is -0.497 e. The van der Waals surface area contributed by atoms with E-state index in [0.717, 1.165) is 73.3 Å². The Morgan fingerprint density at radius 2 is 0.736 bits per heavy atom. The van der Waals surface area contributed by atoms with Crippen LogP contribution < -0.4 is 75.7 Å². The van der Waals surface area contributed by atoms with Crippen LogP contribution in [0.3, 0.4) is 0 Å². The molecule has 0 radical (unpaired) electrons. The third-order valence-electron chi connectivity index (χ3n) is 20.2. The lowest BCUT2D eigenvalue weighted by Crippen LogP contribution is -2.30. The molecular formula is C100H121Cl6N19O15. The van der Waals surface area contributed by atoms with Gasteiger partial charge in [-0.1, -0.05) is 69.6 Å². The van der Waals surface area contributed by atoms with Gasteiger partial charge in [-0.25, -0.2) is 15.0 Å². The normalized spacial score (nSPS) is 11.4. The van der Waals surface area contributed by atoms with Crippen molar-refractivity contribution in [2.45, 2.75) is 185 Å². The lowest BCUT2D eigenvalue weighted by molar-refractivity contribution is 0.0925. The molecule has 0 bridgehead atoms. The number of pyridine rings is 1. The van der Waals surface area contributed by atoms with Gasteiger partial charge in [0.1, 0.15) is 89.7 Å². The molecule has 15 aromatic rings. The Bertz CT molecular complexity index is 6700. The van der Waals surface area contributed by atoms with Crippen molar-refractivity contribution in [1.82, 2.24) is 97.4 Å². The molecule has 9 heterocycles. The number of nitrogens with zero attached hydrogens (tertiary/aromatic N) is 3. The van der Waals surface area contributed by atoms with Gasteiger partial charge in [0, 0.05) is 103 Å². The molecule has 0 atom stereocenters. The molecule has 0 unspecified atom stereocenters. The van der Waals surface area contributed by atoms with E-state index in [-0.39, 0.29) is 118 Å². The van der Waals surface area contributed by atoms with E-state index in [0.29, 0.717) is 110 Å². The molecule has 140 heavy (non-hydrogen) atoms. The maximum atomic E-state index is 11.9. The lowest BCUT2D eigenvalue weighted by Gasteiger charge is -2.09. The zero-order valence-corrected chi connectivity index (χ0v) is 86.8. The quantitative estimate of drug-likeness (QED) is 0.0283. The van der Waals surface area contributed by atoms with Crippen molar-refractivity contribution in [2.75, 3.05) is 49.8 Å². The third-order valence-corrected chi connectivity index (χ3v) is 22.0. The van der Waals surface area contributed by atoms with Crippen molar-refractivity contribution in [3.05, 3.63) is 209 Å². The Balaban J connectivity index is 0.000000179. The molecule has 1 aliphatic carbocycles. The average molecular weight is 2040 g/mol. The maximum absolute atomic E-state index is 11.9. The summed E-state index contributed by atoms with van der Waals surface area (Å²) < 4.78 is 36.1. The number of fused-ring (bicyclic) bond motifs is 8. The number of carbonyl (C=O) groups is 8. The molecule has 748 valence electrons. The van der Waals surface area contributed by atoms with Crippen LogP contribution in [0.2, 0.25) is 30.1 Å². The summed E-state index contributed by atoms with van der Waals surface area (Å²) in [5.41, 5.74) is 12.1. The van der Waals surface area contributed by atoms with Crippen LogP contribution in [0, 0.1) is 0 Å². The van der Waals surface area contributed by atoms with Gasteiger partial charge in [-0.3, -0.25) is 38.4 Å². The van der Waals surface area contributed by atoms with Crippen LogP contribution in [0.1, 0.15) is 219 Å². The second-order valence-electron chi connectivity index (χ2n) is 34.5. The molecule has 0 spiro atoms. The number of hydrogen-bond acceptors (Lipinski definition) is 18. The van der Waals surface area contributed by atoms with Crippen LogP contribution in [0.25, 0.3) is 76.6 Å². The van der Waals surface area contributed by atoms with Gasteiger partial charge in [0.25, 0.3) is 47.3 Å². The number of ether oxygens (including phenoxy) is 7. The van der Waals surface area contributed by atoms with E-state index in [1.165, 1.54) is 44.5 Å². The summed E-state index contributed by atoms with van der Waals surface area (Å²) in [7, 11) is 10.9. The van der Waals surface area contributed by atoms with Crippen LogP contribution in [-0.4, -0.2) is 200 Å². The molecule has 6 aromatic carbocycles. The van der Waals surface area contributed by atoms with Gasteiger partial charge in [0.2, 0.25) is 5.88 Å². The fraction of sp³-hybridized carbons (Fsp3) is 0.350. The van der Waals surface area contributed by atoms with Gasteiger partial charge < -0.3 is 116 Å². The minimum absolute atomic E-state index is 0.0133. The van der Waals surface area contributed by atoms with E-state index in [2.05, 4.69) is 97.4 Å². The molecule has 16 N–H and O–H groups in total. The van der Waals surface area contributed by atoms with Crippen molar-refractivity contribution >= 4 is 193 Å². The first-order valence-corrected chi connectivity index (χ1v) is 47.2. The molecule has 0 fully saturated rings. The number of H-pyrrole nitrogens is 8. The largest absolute Gasteiger partial charge is 0.497 e. The van der Waals surface area contributed by atoms with Gasteiger partial charge in [-0.05, 0) is 251 Å². The SMILES string of the molecule is CC(C)NC(=O)c1cc2c([nH]1)CCCC2.COc1c(Cl)ccc2[nH]c(C(=O)NC(C)C)cc12.COc1cc(Cl)c2[nH]c(C(=O)NC(C)C)cc2c1.COc1cc(Cl)cc2[nH]c(C(=O)NC(C)C)cc12.COc1ccc(Cl)c2[nH]c(C(=O)NC(C)C)cc12.COc1ccc2[nH]c(C(=O)NC(C)C)cc2c1.COc1ccc2[nH]c(C(=O)NC(C)C)nc2c1Cl.COc1ncc2[nH]c(C(=O)NC(C)C)nc2c1Cl. The van der Waals surface area contributed by atoms with Crippen molar-refractivity contribution in [3.8, 4) is 40.4 Å². The highest BCUT2D eigenvalue weighted by molar-refractivity contribution is 6.38. The highest BCUT2D eigenvalue weighted by Crippen LogP contribution is 2.38. The zero-order chi connectivity index (χ0) is 103. The summed E-state index contributed by atoms with van der Waals surface area (Å²) in [5, 5.41) is 29.7. The van der Waals surface area contributed by atoms with Crippen molar-refractivity contribution in [3.63, 3.8) is 0 Å². The Hall–Kier alpha value is -13.5. The maximum Gasteiger partial charge on any atom is 0.287 e. The molecule has 9 aromatic heterocycles. The summed E-state index contributed by atoms with van der Waals surface area (Å²) in [6.45, 7) is 30.6. The minimum atomic E-state index is -0.281. The Kier molecular flexibility index (Phi) is 40.0. The number of hydrogen-bond donors (Lipinski definition) is 16. The predicted molar refractivity (Wildman–Crippen MR) is 556 cm³/mol. The number of aryl methyl sites for hydroxylation is 2. The van der Waals surface area contributed by atoms with Crippen molar-refractivity contribution in [1.29, 1.82) is 0 Å². The number of halogens is 6. The topological polar surface area (TPSA) is 462 Å². The molecule has 0 aliphatic heterocycles. The number of aromatic amines is 8. The highest BCUT2D eigenvalue weighted by atomic mass is 35.5. The second-order valence-corrected chi connectivity index (χ2v) is 36.9. The number of methoxy groups -OCH3 is 7. The lowest BCUT2D eigenvalue weighted by atomic mass is 9.98. The highest BCUT2D eigenvalue weighted by Gasteiger charge is 2.24. The molecule has 8 amide bonds. The number of nitrogens with one attached hydrogen (secondary N) is 16. The number of benzene rings is 6. The number of rotatable bonds is 23.